The largest absolute Gasteiger partial charge is 0.290 e. The predicted molar refractivity (Wildman–Crippen MR) is 82.0 cm³/mol. The van der Waals surface area contributed by atoms with Crippen molar-refractivity contribution in [2.24, 2.45) is 7.05 Å². The summed E-state index contributed by atoms with van der Waals surface area (Å²) in [6, 6.07) is 6.15. The Morgan fingerprint density at radius 1 is 1.30 bits per heavy atom. The SMILES string of the molecule is CSc1nc2scc(-c3ccc(F)cc3)c2c(=O)n1C. The summed E-state index contributed by atoms with van der Waals surface area (Å²) in [5, 5.41) is 3.19. The number of rotatable bonds is 2. The number of hydrogen-bond donors (Lipinski definition) is 0. The first kappa shape index (κ1) is 13.3. The molecule has 3 rings (SSSR count). The topological polar surface area (TPSA) is 34.9 Å². The zero-order valence-electron chi connectivity index (χ0n) is 10.9. The smallest absolute Gasteiger partial charge is 0.263 e. The molecule has 3 aromatic rings. The fourth-order valence-electron chi connectivity index (χ4n) is 2.08. The number of hydrogen-bond acceptors (Lipinski definition) is 4. The lowest BCUT2D eigenvalue weighted by Crippen LogP contribution is -2.19. The molecule has 0 radical (unpaired) electrons. The molecule has 2 aromatic heterocycles. The van der Waals surface area contributed by atoms with Gasteiger partial charge in [-0.15, -0.1) is 11.3 Å². The van der Waals surface area contributed by atoms with E-state index in [1.54, 1.807) is 23.7 Å². The van der Waals surface area contributed by atoms with Crippen LogP contribution in [0.3, 0.4) is 0 Å². The van der Waals surface area contributed by atoms with E-state index in [1.807, 2.05) is 11.6 Å². The van der Waals surface area contributed by atoms with E-state index < -0.39 is 0 Å². The molecular weight excluding hydrogens is 295 g/mol. The quantitative estimate of drug-likeness (QED) is 0.537. The normalized spacial score (nSPS) is 11.2. The molecule has 0 aliphatic heterocycles. The lowest BCUT2D eigenvalue weighted by molar-refractivity contribution is 0.628. The lowest BCUT2D eigenvalue weighted by Gasteiger charge is -2.05. The van der Waals surface area contributed by atoms with Gasteiger partial charge in [-0.3, -0.25) is 9.36 Å². The van der Waals surface area contributed by atoms with Crippen LogP contribution in [-0.2, 0) is 7.05 Å². The first-order valence-corrected chi connectivity index (χ1v) is 8.00. The fourth-order valence-corrected chi connectivity index (χ4v) is 3.61. The van der Waals surface area contributed by atoms with Crippen molar-refractivity contribution in [3.63, 3.8) is 0 Å². The highest BCUT2D eigenvalue weighted by Gasteiger charge is 2.14. The van der Waals surface area contributed by atoms with Gasteiger partial charge in [0.1, 0.15) is 10.6 Å². The van der Waals surface area contributed by atoms with E-state index in [4.69, 9.17) is 0 Å². The third kappa shape index (κ3) is 2.05. The summed E-state index contributed by atoms with van der Waals surface area (Å²) in [6.07, 6.45) is 1.89. The molecule has 0 saturated heterocycles. The number of halogens is 1. The number of nitrogens with zero attached hydrogens (tertiary/aromatic N) is 2. The molecule has 0 fully saturated rings. The van der Waals surface area contributed by atoms with Gasteiger partial charge in [0, 0.05) is 18.0 Å². The highest BCUT2D eigenvalue weighted by atomic mass is 32.2. The van der Waals surface area contributed by atoms with Gasteiger partial charge in [0.05, 0.1) is 5.39 Å². The van der Waals surface area contributed by atoms with E-state index in [1.165, 1.54) is 35.2 Å². The third-order valence-corrected chi connectivity index (χ3v) is 4.71. The minimum atomic E-state index is -0.288. The van der Waals surface area contributed by atoms with E-state index in [-0.39, 0.29) is 11.4 Å². The van der Waals surface area contributed by atoms with Crippen LogP contribution < -0.4 is 5.56 Å². The van der Waals surface area contributed by atoms with E-state index in [0.29, 0.717) is 10.5 Å². The second-order valence-electron chi connectivity index (χ2n) is 4.30. The first-order valence-electron chi connectivity index (χ1n) is 5.90. The van der Waals surface area contributed by atoms with E-state index in [9.17, 15) is 9.18 Å². The van der Waals surface area contributed by atoms with Crippen LogP contribution in [-0.4, -0.2) is 15.8 Å². The molecular formula is C14H11FN2OS2. The van der Waals surface area contributed by atoms with Crippen LogP contribution in [0, 0.1) is 5.82 Å². The van der Waals surface area contributed by atoms with Crippen LogP contribution in [0.1, 0.15) is 0 Å². The van der Waals surface area contributed by atoms with Crippen LogP contribution in [0.5, 0.6) is 0 Å². The fraction of sp³-hybridized carbons (Fsp3) is 0.143. The second kappa shape index (κ2) is 5.03. The monoisotopic (exact) mass is 306 g/mol. The Morgan fingerprint density at radius 3 is 2.65 bits per heavy atom. The van der Waals surface area contributed by atoms with Crippen LogP contribution in [0.4, 0.5) is 4.39 Å². The molecule has 0 spiro atoms. The van der Waals surface area contributed by atoms with Crippen molar-refractivity contribution in [2.75, 3.05) is 6.26 Å². The molecule has 20 heavy (non-hydrogen) atoms. The molecule has 0 atom stereocenters. The number of fused-ring (bicyclic) bond motifs is 1. The number of thiophene rings is 1. The van der Waals surface area contributed by atoms with Gasteiger partial charge in [-0.2, -0.15) is 0 Å². The third-order valence-electron chi connectivity index (χ3n) is 3.11. The van der Waals surface area contributed by atoms with Crippen molar-refractivity contribution in [1.29, 1.82) is 0 Å². The lowest BCUT2D eigenvalue weighted by atomic mass is 10.1. The van der Waals surface area contributed by atoms with Gasteiger partial charge in [0.15, 0.2) is 5.16 Å². The van der Waals surface area contributed by atoms with E-state index in [0.717, 1.165) is 16.0 Å². The molecule has 0 unspecified atom stereocenters. The van der Waals surface area contributed by atoms with Gasteiger partial charge < -0.3 is 0 Å². The molecule has 0 aliphatic rings. The minimum absolute atomic E-state index is 0.0695. The van der Waals surface area contributed by atoms with Crippen molar-refractivity contribution in [3.05, 3.63) is 45.8 Å². The molecule has 6 heteroatoms. The zero-order valence-corrected chi connectivity index (χ0v) is 12.5. The Morgan fingerprint density at radius 2 is 2.00 bits per heavy atom. The van der Waals surface area contributed by atoms with Gasteiger partial charge >= 0.3 is 0 Å². The molecule has 1 aromatic carbocycles. The minimum Gasteiger partial charge on any atom is -0.290 e. The second-order valence-corrected chi connectivity index (χ2v) is 5.93. The van der Waals surface area contributed by atoms with Gasteiger partial charge in [-0.1, -0.05) is 23.9 Å². The summed E-state index contributed by atoms with van der Waals surface area (Å²) >= 11 is 2.87. The molecule has 0 bridgehead atoms. The van der Waals surface area contributed by atoms with Crippen molar-refractivity contribution < 1.29 is 4.39 Å². The Hall–Kier alpha value is -1.66. The maximum absolute atomic E-state index is 13.0. The first-order chi connectivity index (χ1) is 9.61. The average Bonchev–Trinajstić information content (AvgIpc) is 2.87. The van der Waals surface area contributed by atoms with Gasteiger partial charge in [-0.25, -0.2) is 9.37 Å². The van der Waals surface area contributed by atoms with Crippen LogP contribution in [0.25, 0.3) is 21.3 Å². The highest BCUT2D eigenvalue weighted by Crippen LogP contribution is 2.31. The predicted octanol–water partition coefficient (Wildman–Crippen LogP) is 3.52. The van der Waals surface area contributed by atoms with Gasteiger partial charge in [0.2, 0.25) is 0 Å². The Kier molecular flexibility index (Phi) is 3.35. The Bertz CT molecular complexity index is 837. The average molecular weight is 306 g/mol. The number of aromatic nitrogens is 2. The van der Waals surface area contributed by atoms with E-state index >= 15 is 0 Å². The summed E-state index contributed by atoms with van der Waals surface area (Å²) in [6.45, 7) is 0. The van der Waals surface area contributed by atoms with Crippen molar-refractivity contribution in [2.45, 2.75) is 5.16 Å². The zero-order chi connectivity index (χ0) is 14.3. The summed E-state index contributed by atoms with van der Waals surface area (Å²) in [5.41, 5.74) is 1.57. The molecule has 0 N–H and O–H groups in total. The maximum Gasteiger partial charge on any atom is 0.263 e. The van der Waals surface area contributed by atoms with E-state index in [2.05, 4.69) is 4.98 Å². The Labute approximate surface area is 123 Å². The molecule has 3 nitrogen and oxygen atoms in total. The number of benzene rings is 1. The van der Waals surface area contributed by atoms with Crippen molar-refractivity contribution in [1.82, 2.24) is 9.55 Å². The molecule has 0 saturated carbocycles. The van der Waals surface area contributed by atoms with Crippen LogP contribution >= 0.6 is 23.1 Å². The van der Waals surface area contributed by atoms with Gasteiger partial charge in [0.25, 0.3) is 5.56 Å². The number of thioether (sulfide) groups is 1. The molecule has 0 amide bonds. The Balaban J connectivity index is 2.31. The van der Waals surface area contributed by atoms with Crippen molar-refractivity contribution in [3.8, 4) is 11.1 Å². The van der Waals surface area contributed by atoms with Crippen molar-refractivity contribution >= 4 is 33.3 Å². The highest BCUT2D eigenvalue weighted by molar-refractivity contribution is 7.98. The summed E-state index contributed by atoms with van der Waals surface area (Å²) in [4.78, 5) is 17.7. The summed E-state index contributed by atoms with van der Waals surface area (Å²) in [7, 11) is 1.71. The molecule has 0 aliphatic carbocycles. The summed E-state index contributed by atoms with van der Waals surface area (Å²) < 4.78 is 14.6. The molecule has 2 heterocycles. The summed E-state index contributed by atoms with van der Waals surface area (Å²) in [5.74, 6) is -0.288. The van der Waals surface area contributed by atoms with Crippen LogP contribution in [0.15, 0.2) is 39.6 Å². The molecule has 102 valence electrons. The van der Waals surface area contributed by atoms with Gasteiger partial charge in [-0.05, 0) is 24.0 Å². The maximum atomic E-state index is 13.0. The standard InChI is InChI=1S/C14H11FN2OS2/c1-17-13(18)11-10(8-3-5-9(15)6-4-8)7-20-12(11)16-14(17)19-2/h3-7H,1-2H3. The van der Waals surface area contributed by atoms with Crippen LogP contribution in [0.2, 0.25) is 0 Å².